The molecule has 1 saturated heterocycles. The van der Waals surface area contributed by atoms with E-state index in [9.17, 15) is 22.4 Å². The minimum atomic E-state index is -4.17. The third-order valence-corrected chi connectivity index (χ3v) is 4.96. The molecule has 0 spiro atoms. The number of carbonyl (C=O) groups is 1. The predicted molar refractivity (Wildman–Crippen MR) is 83.4 cm³/mol. The number of rotatable bonds is 5. The van der Waals surface area contributed by atoms with Crippen LogP contribution in [0.15, 0.2) is 24.3 Å². The van der Waals surface area contributed by atoms with E-state index < -0.39 is 12.7 Å². The molecule has 0 unspecified atom stereocenters. The van der Waals surface area contributed by atoms with Gasteiger partial charge in [-0.25, -0.2) is 4.39 Å². The van der Waals surface area contributed by atoms with Gasteiger partial charge in [-0.15, -0.1) is 0 Å². The third-order valence-electron chi connectivity index (χ3n) is 4.96. The molecule has 0 N–H and O–H groups in total. The Morgan fingerprint density at radius 3 is 2.40 bits per heavy atom. The minimum absolute atomic E-state index is 0.0849. The molecule has 138 valence electrons. The fraction of sp³-hybridized carbons (Fsp3) is 0.611. The van der Waals surface area contributed by atoms with E-state index >= 15 is 0 Å². The molecule has 1 aromatic carbocycles. The van der Waals surface area contributed by atoms with Gasteiger partial charge in [0, 0.05) is 0 Å². The molecule has 0 radical (unpaired) electrons. The number of hydrogen-bond acceptors (Lipinski definition) is 3. The number of esters is 1. The summed E-state index contributed by atoms with van der Waals surface area (Å²) in [6.07, 6.45) is -2.25. The quantitative estimate of drug-likeness (QED) is 0.592. The van der Waals surface area contributed by atoms with Gasteiger partial charge >= 0.3 is 12.1 Å². The zero-order valence-electron chi connectivity index (χ0n) is 13.8. The van der Waals surface area contributed by atoms with Gasteiger partial charge in [0.2, 0.25) is 0 Å². The second kappa shape index (κ2) is 7.32. The summed E-state index contributed by atoms with van der Waals surface area (Å²) < 4.78 is 55.3. The van der Waals surface area contributed by atoms with Crippen LogP contribution in [-0.2, 0) is 9.53 Å². The van der Waals surface area contributed by atoms with Crippen molar-refractivity contribution in [2.45, 2.75) is 31.4 Å². The summed E-state index contributed by atoms with van der Waals surface area (Å²) in [6, 6.07) is 6.13. The highest BCUT2D eigenvalue weighted by Crippen LogP contribution is 2.48. The van der Waals surface area contributed by atoms with Gasteiger partial charge < -0.3 is 4.74 Å². The maximum Gasteiger partial charge on any atom is 0.401 e. The Balaban J connectivity index is 1.37. The monoisotopic (exact) mass is 359 g/mol. The van der Waals surface area contributed by atoms with Crippen LogP contribution in [0.4, 0.5) is 17.6 Å². The highest BCUT2D eigenvalue weighted by Gasteiger charge is 2.45. The van der Waals surface area contributed by atoms with Crippen molar-refractivity contribution in [1.82, 2.24) is 4.90 Å². The molecule has 1 aliphatic heterocycles. The fourth-order valence-corrected chi connectivity index (χ4v) is 3.41. The van der Waals surface area contributed by atoms with Gasteiger partial charge in [-0.1, -0.05) is 12.1 Å². The second-order valence-corrected chi connectivity index (χ2v) is 6.96. The summed E-state index contributed by atoms with van der Waals surface area (Å²) in [6.45, 7) is 0.152. The van der Waals surface area contributed by atoms with Crippen molar-refractivity contribution in [3.05, 3.63) is 35.6 Å². The van der Waals surface area contributed by atoms with Gasteiger partial charge in [0.15, 0.2) is 0 Å². The van der Waals surface area contributed by atoms with E-state index in [2.05, 4.69) is 0 Å². The van der Waals surface area contributed by atoms with E-state index in [1.165, 1.54) is 17.0 Å². The first kappa shape index (κ1) is 18.2. The first-order chi connectivity index (χ1) is 11.8. The van der Waals surface area contributed by atoms with Crippen LogP contribution in [0.2, 0.25) is 0 Å². The van der Waals surface area contributed by atoms with Crippen molar-refractivity contribution < 1.29 is 27.1 Å². The fourth-order valence-electron chi connectivity index (χ4n) is 3.41. The lowest BCUT2D eigenvalue weighted by atomic mass is 9.98. The third kappa shape index (κ3) is 5.17. The van der Waals surface area contributed by atoms with E-state index in [1.54, 1.807) is 12.1 Å². The smallest absolute Gasteiger partial charge is 0.401 e. The van der Waals surface area contributed by atoms with Gasteiger partial charge in [-0.2, -0.15) is 13.2 Å². The van der Waals surface area contributed by atoms with Crippen LogP contribution in [0.5, 0.6) is 0 Å². The normalized spacial score (nSPS) is 25.0. The molecular formula is C18H21F4NO2. The van der Waals surface area contributed by atoms with Crippen LogP contribution >= 0.6 is 0 Å². The lowest BCUT2D eigenvalue weighted by Gasteiger charge is -2.32. The Labute approximate surface area is 143 Å². The Morgan fingerprint density at radius 2 is 1.80 bits per heavy atom. The molecule has 2 fully saturated rings. The number of piperidine rings is 1. The molecule has 2 atom stereocenters. The number of halogens is 4. The zero-order valence-corrected chi connectivity index (χ0v) is 13.8. The van der Waals surface area contributed by atoms with Crippen LogP contribution < -0.4 is 0 Å². The van der Waals surface area contributed by atoms with E-state index in [0.29, 0.717) is 32.4 Å². The molecule has 25 heavy (non-hydrogen) atoms. The van der Waals surface area contributed by atoms with E-state index in [-0.39, 0.29) is 36.1 Å². The summed E-state index contributed by atoms with van der Waals surface area (Å²) in [5.41, 5.74) is 0.934. The molecular weight excluding hydrogens is 338 g/mol. The van der Waals surface area contributed by atoms with Crippen molar-refractivity contribution in [2.75, 3.05) is 26.2 Å². The van der Waals surface area contributed by atoms with Crippen LogP contribution in [0.25, 0.3) is 0 Å². The average molecular weight is 359 g/mol. The number of benzene rings is 1. The SMILES string of the molecule is O=C(OCC1CCN(CC(F)(F)F)CC1)[C@H]1C[C@H]1c1ccc(F)cc1. The van der Waals surface area contributed by atoms with Gasteiger partial charge in [0.05, 0.1) is 19.1 Å². The van der Waals surface area contributed by atoms with Crippen molar-refractivity contribution in [3.8, 4) is 0 Å². The number of alkyl halides is 3. The van der Waals surface area contributed by atoms with Gasteiger partial charge in [0.1, 0.15) is 5.82 Å². The number of nitrogens with zero attached hydrogens (tertiary/aromatic N) is 1. The number of hydrogen-bond donors (Lipinski definition) is 0. The van der Waals surface area contributed by atoms with Crippen LogP contribution in [0.3, 0.4) is 0 Å². The van der Waals surface area contributed by atoms with E-state index in [4.69, 9.17) is 4.74 Å². The van der Waals surface area contributed by atoms with Crippen molar-refractivity contribution in [3.63, 3.8) is 0 Å². The summed E-state index contributed by atoms with van der Waals surface area (Å²) in [5, 5.41) is 0. The van der Waals surface area contributed by atoms with Crippen molar-refractivity contribution >= 4 is 5.97 Å². The largest absolute Gasteiger partial charge is 0.465 e. The molecule has 1 aromatic rings. The summed E-state index contributed by atoms with van der Waals surface area (Å²) in [7, 11) is 0. The molecule has 0 amide bonds. The summed E-state index contributed by atoms with van der Waals surface area (Å²) in [5.74, 6) is -0.540. The lowest BCUT2D eigenvalue weighted by molar-refractivity contribution is -0.151. The van der Waals surface area contributed by atoms with Gasteiger partial charge in [-0.05, 0) is 61.9 Å². The number of likely N-dealkylation sites (tertiary alicyclic amines) is 1. The topological polar surface area (TPSA) is 29.5 Å². The van der Waals surface area contributed by atoms with Crippen LogP contribution in [-0.4, -0.2) is 43.3 Å². The Morgan fingerprint density at radius 1 is 1.16 bits per heavy atom. The predicted octanol–water partition coefficient (Wildman–Crippen LogP) is 3.75. The molecule has 3 nitrogen and oxygen atoms in total. The van der Waals surface area contributed by atoms with E-state index in [0.717, 1.165) is 5.56 Å². The average Bonchev–Trinajstić information content (AvgIpc) is 3.34. The molecule has 0 aromatic heterocycles. The first-order valence-corrected chi connectivity index (χ1v) is 8.53. The Bertz CT molecular complexity index is 594. The molecule has 1 aliphatic carbocycles. The number of ether oxygens (including phenoxy) is 1. The Hall–Kier alpha value is -1.63. The second-order valence-electron chi connectivity index (χ2n) is 6.96. The molecule has 3 rings (SSSR count). The molecule has 1 saturated carbocycles. The van der Waals surface area contributed by atoms with Crippen molar-refractivity contribution in [2.24, 2.45) is 11.8 Å². The molecule has 7 heteroatoms. The Kier molecular flexibility index (Phi) is 5.32. The summed E-state index contributed by atoms with van der Waals surface area (Å²) in [4.78, 5) is 13.5. The maximum atomic E-state index is 12.9. The van der Waals surface area contributed by atoms with Crippen LogP contribution in [0, 0.1) is 17.7 Å². The lowest BCUT2D eigenvalue weighted by Crippen LogP contribution is -2.41. The molecule has 2 aliphatic rings. The van der Waals surface area contributed by atoms with Gasteiger partial charge in [-0.3, -0.25) is 9.69 Å². The van der Waals surface area contributed by atoms with Gasteiger partial charge in [0.25, 0.3) is 0 Å². The minimum Gasteiger partial charge on any atom is -0.465 e. The highest BCUT2D eigenvalue weighted by molar-refractivity contribution is 5.77. The van der Waals surface area contributed by atoms with Crippen molar-refractivity contribution in [1.29, 1.82) is 0 Å². The first-order valence-electron chi connectivity index (χ1n) is 8.53. The zero-order chi connectivity index (χ0) is 18.0. The standard InChI is InChI=1S/C18H21F4NO2/c19-14-3-1-13(2-4-14)15-9-16(15)17(24)25-10-12-5-7-23(8-6-12)11-18(20,21)22/h1-4,12,15-16H,5-11H2/t15-,16-/m0/s1. The number of carbonyl (C=O) groups excluding carboxylic acids is 1. The molecule has 1 heterocycles. The highest BCUT2D eigenvalue weighted by atomic mass is 19.4. The van der Waals surface area contributed by atoms with Crippen LogP contribution in [0.1, 0.15) is 30.7 Å². The molecule has 0 bridgehead atoms. The maximum absolute atomic E-state index is 12.9. The summed E-state index contributed by atoms with van der Waals surface area (Å²) >= 11 is 0. The van der Waals surface area contributed by atoms with E-state index in [1.807, 2.05) is 0 Å².